The van der Waals surface area contributed by atoms with Crippen molar-refractivity contribution in [3.63, 3.8) is 0 Å². The largest absolute Gasteiger partial charge is 0.226 e. The minimum Gasteiger partial charge on any atom is -0.226 e. The van der Waals surface area contributed by atoms with E-state index in [1.807, 2.05) is 13.8 Å². The van der Waals surface area contributed by atoms with Crippen molar-refractivity contribution in [3.05, 3.63) is 20.2 Å². The lowest BCUT2D eigenvalue weighted by atomic mass is 10.3. The average molecular weight is 302 g/mol. The molecule has 2 nitrogen and oxygen atoms in total. The molecule has 15 heavy (non-hydrogen) atoms. The molecule has 1 rings (SSSR count). The molecule has 0 aliphatic carbocycles. The van der Waals surface area contributed by atoms with Crippen LogP contribution in [-0.2, 0) is 0 Å². The number of aromatic nitrogens is 2. The monoisotopic (exact) mass is 300 g/mol. The van der Waals surface area contributed by atoms with Crippen LogP contribution in [0, 0.1) is 13.8 Å². The maximum atomic E-state index is 5.77. The van der Waals surface area contributed by atoms with Gasteiger partial charge < -0.3 is 0 Å². The van der Waals surface area contributed by atoms with Gasteiger partial charge in [0.25, 0.3) is 0 Å². The van der Waals surface area contributed by atoms with E-state index in [-0.39, 0.29) is 8.86 Å². The standard InChI is InChI=1S/C8H7Cl3N2S2/c1-3-5(14)4(2)13-8(12-3)15-7(11)6(9)10/h14H,1-2H3. The third-order valence-corrected chi connectivity index (χ3v) is 4.15. The maximum absolute atomic E-state index is 5.77. The molecule has 0 fully saturated rings. The molecule has 7 heteroatoms. The summed E-state index contributed by atoms with van der Waals surface area (Å²) in [6.45, 7) is 3.70. The molecule has 0 N–H and O–H groups in total. The molecule has 0 unspecified atom stereocenters. The Morgan fingerprint density at radius 3 is 2.00 bits per heavy atom. The minimum atomic E-state index is 0.00974. The number of rotatable bonds is 2. The van der Waals surface area contributed by atoms with Gasteiger partial charge in [-0.05, 0) is 25.6 Å². The summed E-state index contributed by atoms with van der Waals surface area (Å²) in [5, 5.41) is 0.506. The van der Waals surface area contributed by atoms with Crippen molar-refractivity contribution in [3.8, 4) is 0 Å². The number of hydrogen-bond donors (Lipinski definition) is 1. The van der Waals surface area contributed by atoms with Gasteiger partial charge in [0.1, 0.15) is 8.86 Å². The Bertz CT molecular complexity index is 393. The van der Waals surface area contributed by atoms with Crippen molar-refractivity contribution in [1.29, 1.82) is 0 Å². The fourth-order valence-corrected chi connectivity index (χ4v) is 1.99. The van der Waals surface area contributed by atoms with E-state index < -0.39 is 0 Å². The molecule has 0 saturated carbocycles. The Morgan fingerprint density at radius 2 is 1.60 bits per heavy atom. The molecule has 1 heterocycles. The van der Waals surface area contributed by atoms with Crippen molar-refractivity contribution in [2.24, 2.45) is 0 Å². The zero-order valence-corrected chi connectivity index (χ0v) is 11.9. The highest BCUT2D eigenvalue weighted by atomic mass is 35.5. The predicted octanol–water partition coefficient (Wildman–Crippen LogP) is 4.32. The van der Waals surface area contributed by atoms with Gasteiger partial charge >= 0.3 is 0 Å². The summed E-state index contributed by atoms with van der Waals surface area (Å²) in [5.74, 6) is 0. The van der Waals surface area contributed by atoms with E-state index in [0.29, 0.717) is 5.16 Å². The van der Waals surface area contributed by atoms with Crippen LogP contribution in [-0.4, -0.2) is 9.97 Å². The molecule has 1 aromatic heterocycles. The second-order valence-electron chi connectivity index (χ2n) is 2.66. The molecular formula is C8H7Cl3N2S2. The molecule has 0 spiro atoms. The zero-order chi connectivity index (χ0) is 11.6. The van der Waals surface area contributed by atoms with Crippen LogP contribution in [0.5, 0.6) is 0 Å². The predicted molar refractivity (Wildman–Crippen MR) is 69.2 cm³/mol. The number of thiol groups is 1. The van der Waals surface area contributed by atoms with E-state index in [2.05, 4.69) is 22.6 Å². The van der Waals surface area contributed by atoms with Gasteiger partial charge in [-0.1, -0.05) is 34.8 Å². The molecule has 0 aliphatic heterocycles. The van der Waals surface area contributed by atoms with Crippen LogP contribution in [0.25, 0.3) is 0 Å². The Balaban J connectivity index is 3.03. The molecule has 0 amide bonds. The van der Waals surface area contributed by atoms with Gasteiger partial charge in [0.15, 0.2) is 5.16 Å². The fourth-order valence-electron chi connectivity index (χ4n) is 0.844. The van der Waals surface area contributed by atoms with Crippen LogP contribution >= 0.6 is 59.2 Å². The van der Waals surface area contributed by atoms with Gasteiger partial charge in [-0.2, -0.15) is 0 Å². The Kier molecular flexibility index (Phi) is 5.06. The lowest BCUT2D eigenvalue weighted by Gasteiger charge is -2.05. The molecule has 1 aromatic rings. The molecule has 0 saturated heterocycles. The maximum Gasteiger partial charge on any atom is 0.193 e. The highest BCUT2D eigenvalue weighted by molar-refractivity contribution is 8.04. The highest BCUT2D eigenvalue weighted by Crippen LogP contribution is 2.33. The summed E-state index contributed by atoms with van der Waals surface area (Å²) in [6.07, 6.45) is 0. The van der Waals surface area contributed by atoms with Gasteiger partial charge in [0.2, 0.25) is 0 Å². The van der Waals surface area contributed by atoms with E-state index in [9.17, 15) is 0 Å². The number of aryl methyl sites for hydroxylation is 2. The third-order valence-electron chi connectivity index (χ3n) is 1.54. The Hall–Kier alpha value is 0.390. The van der Waals surface area contributed by atoms with E-state index in [1.165, 1.54) is 0 Å². The second kappa shape index (κ2) is 5.64. The first-order valence-electron chi connectivity index (χ1n) is 3.84. The van der Waals surface area contributed by atoms with Gasteiger partial charge in [-0.25, -0.2) is 9.97 Å². The van der Waals surface area contributed by atoms with Crippen LogP contribution in [0.3, 0.4) is 0 Å². The van der Waals surface area contributed by atoms with Gasteiger partial charge in [-0.3, -0.25) is 0 Å². The first-order chi connectivity index (χ1) is 6.91. The van der Waals surface area contributed by atoms with Gasteiger partial charge in [0, 0.05) is 4.90 Å². The van der Waals surface area contributed by atoms with E-state index in [0.717, 1.165) is 28.0 Å². The molecular weight excluding hydrogens is 295 g/mol. The van der Waals surface area contributed by atoms with Crippen molar-refractivity contribution in [2.45, 2.75) is 23.9 Å². The zero-order valence-electron chi connectivity index (χ0n) is 7.88. The van der Waals surface area contributed by atoms with Crippen molar-refractivity contribution in [2.75, 3.05) is 0 Å². The quantitative estimate of drug-likeness (QED) is 0.500. The molecule has 0 bridgehead atoms. The summed E-state index contributed by atoms with van der Waals surface area (Å²) in [7, 11) is 0. The van der Waals surface area contributed by atoms with Crippen LogP contribution in [0.15, 0.2) is 18.9 Å². The highest BCUT2D eigenvalue weighted by Gasteiger charge is 2.09. The van der Waals surface area contributed by atoms with Crippen LogP contribution < -0.4 is 0 Å². The van der Waals surface area contributed by atoms with Crippen molar-refractivity contribution < 1.29 is 0 Å². The lowest BCUT2D eigenvalue weighted by Crippen LogP contribution is -1.95. The molecule has 0 aromatic carbocycles. The SMILES string of the molecule is Cc1nc(SC(Cl)=C(Cl)Cl)nc(C)c1S. The smallest absolute Gasteiger partial charge is 0.193 e. The second-order valence-corrected chi connectivity index (χ2v) is 5.64. The summed E-state index contributed by atoms with van der Waals surface area (Å²) in [4.78, 5) is 9.17. The first kappa shape index (κ1) is 13.5. The van der Waals surface area contributed by atoms with Crippen LogP contribution in [0.4, 0.5) is 0 Å². The summed E-state index contributed by atoms with van der Waals surface area (Å²) in [6, 6.07) is 0. The summed E-state index contributed by atoms with van der Waals surface area (Å²) in [5.41, 5.74) is 1.59. The Labute approximate surface area is 113 Å². The van der Waals surface area contributed by atoms with Gasteiger partial charge in [-0.15, -0.1) is 12.6 Å². The topological polar surface area (TPSA) is 25.8 Å². The first-order valence-corrected chi connectivity index (χ1v) is 6.24. The third kappa shape index (κ3) is 3.71. The molecule has 0 radical (unpaired) electrons. The van der Waals surface area contributed by atoms with E-state index in [4.69, 9.17) is 34.8 Å². The van der Waals surface area contributed by atoms with Crippen molar-refractivity contribution >= 4 is 59.2 Å². The van der Waals surface area contributed by atoms with E-state index in [1.54, 1.807) is 0 Å². The molecule has 0 atom stereocenters. The lowest BCUT2D eigenvalue weighted by molar-refractivity contribution is 0.858. The molecule has 82 valence electrons. The van der Waals surface area contributed by atoms with Crippen LogP contribution in [0.1, 0.15) is 11.4 Å². The number of nitrogens with zero attached hydrogens (tertiary/aromatic N) is 2. The molecule has 0 aliphatic rings. The summed E-state index contributed by atoms with van der Waals surface area (Å²) >= 11 is 22.2. The normalized spacial score (nSPS) is 10.3. The Morgan fingerprint density at radius 1 is 1.13 bits per heavy atom. The van der Waals surface area contributed by atoms with Gasteiger partial charge in [0.05, 0.1) is 11.4 Å². The van der Waals surface area contributed by atoms with Crippen molar-refractivity contribution in [1.82, 2.24) is 9.97 Å². The minimum absolute atomic E-state index is 0.00974. The fraction of sp³-hybridized carbons (Fsp3) is 0.250. The number of halogens is 3. The summed E-state index contributed by atoms with van der Waals surface area (Å²) < 4.78 is 0.263. The van der Waals surface area contributed by atoms with Crippen LogP contribution in [0.2, 0.25) is 0 Å². The number of hydrogen-bond acceptors (Lipinski definition) is 4. The van der Waals surface area contributed by atoms with E-state index >= 15 is 0 Å². The number of thioether (sulfide) groups is 1. The average Bonchev–Trinajstić information content (AvgIpc) is 2.13.